The summed E-state index contributed by atoms with van der Waals surface area (Å²) >= 11 is 0. The average Bonchev–Trinajstić information content (AvgIpc) is 3.44. The highest BCUT2D eigenvalue weighted by molar-refractivity contribution is 5.70. The number of pyridine rings is 1. The van der Waals surface area contributed by atoms with Gasteiger partial charge in [-0.2, -0.15) is 4.80 Å². The normalized spacial score (nSPS) is 20.4. The van der Waals surface area contributed by atoms with Crippen LogP contribution in [0.2, 0.25) is 0 Å². The summed E-state index contributed by atoms with van der Waals surface area (Å²) in [6.07, 6.45) is 7.02. The highest BCUT2D eigenvalue weighted by atomic mass is 16.5. The first-order valence-electron chi connectivity index (χ1n) is 12.0. The maximum absolute atomic E-state index is 11.4. The van der Waals surface area contributed by atoms with E-state index in [9.17, 15) is 9.90 Å². The van der Waals surface area contributed by atoms with Gasteiger partial charge in [-0.3, -0.25) is 9.48 Å². The van der Waals surface area contributed by atoms with Crippen LogP contribution in [-0.2, 0) is 24.8 Å². The largest absolute Gasteiger partial charge is 0.489 e. The van der Waals surface area contributed by atoms with Crippen molar-refractivity contribution in [1.29, 1.82) is 0 Å². The van der Waals surface area contributed by atoms with E-state index in [1.807, 2.05) is 26.1 Å². The van der Waals surface area contributed by atoms with E-state index in [0.29, 0.717) is 42.2 Å². The number of hydrogen-bond donors (Lipinski definition) is 1. The molecule has 5 rings (SSSR count). The summed E-state index contributed by atoms with van der Waals surface area (Å²) in [5.74, 6) is 1.04. The zero-order valence-electron chi connectivity index (χ0n) is 19.6. The smallest absolute Gasteiger partial charge is 0.306 e. The molecule has 2 atom stereocenters. The minimum atomic E-state index is -0.744. The van der Waals surface area contributed by atoms with Crippen molar-refractivity contribution in [3.8, 4) is 17.1 Å². The predicted molar refractivity (Wildman–Crippen MR) is 121 cm³/mol. The number of tetrazole rings is 1. The van der Waals surface area contributed by atoms with Crippen molar-refractivity contribution in [2.45, 2.75) is 70.9 Å². The third-order valence-electron chi connectivity index (χ3n) is 6.75. The lowest BCUT2D eigenvalue weighted by Gasteiger charge is -2.27. The Labute approximate surface area is 197 Å². The molecule has 3 aromatic rings. The first-order chi connectivity index (χ1) is 16.5. The maximum atomic E-state index is 11.4. The van der Waals surface area contributed by atoms with Gasteiger partial charge in [0.15, 0.2) is 5.82 Å². The minimum absolute atomic E-state index is 0.109. The van der Waals surface area contributed by atoms with E-state index in [-0.39, 0.29) is 12.0 Å². The first kappa shape index (κ1) is 22.4. The van der Waals surface area contributed by atoms with Crippen LogP contribution in [0.1, 0.15) is 62.2 Å². The summed E-state index contributed by atoms with van der Waals surface area (Å²) < 4.78 is 7.86. The molecule has 0 aromatic carbocycles. The van der Waals surface area contributed by atoms with E-state index in [0.717, 1.165) is 43.1 Å². The topological polar surface area (TPSA) is 134 Å². The van der Waals surface area contributed by atoms with E-state index < -0.39 is 5.97 Å². The lowest BCUT2D eigenvalue weighted by molar-refractivity contribution is -0.143. The fourth-order valence-corrected chi connectivity index (χ4v) is 4.53. The summed E-state index contributed by atoms with van der Waals surface area (Å²) in [5.41, 5.74) is 2.96. The number of aromatic nitrogens is 8. The minimum Gasteiger partial charge on any atom is -0.489 e. The summed E-state index contributed by atoms with van der Waals surface area (Å²) in [5, 5.41) is 30.8. The Hall–Kier alpha value is -3.37. The Morgan fingerprint density at radius 3 is 2.79 bits per heavy atom. The van der Waals surface area contributed by atoms with Crippen LogP contribution in [-0.4, -0.2) is 57.4 Å². The third kappa shape index (κ3) is 5.07. The highest BCUT2D eigenvalue weighted by Gasteiger charge is 2.28. The molecule has 2 saturated carbocycles. The average molecular weight is 467 g/mol. The van der Waals surface area contributed by atoms with Crippen molar-refractivity contribution in [3.63, 3.8) is 0 Å². The molecule has 0 saturated heterocycles. The molecular weight excluding hydrogens is 436 g/mol. The van der Waals surface area contributed by atoms with Crippen LogP contribution in [0.5, 0.6) is 5.75 Å². The van der Waals surface area contributed by atoms with Crippen LogP contribution in [0.3, 0.4) is 0 Å². The molecule has 0 radical (unpaired) electrons. The predicted octanol–water partition coefficient (Wildman–Crippen LogP) is 2.59. The number of carboxylic acid groups (broad SMARTS) is 1. The summed E-state index contributed by atoms with van der Waals surface area (Å²) in [7, 11) is 1.84. The number of rotatable bonds is 9. The van der Waals surface area contributed by atoms with Gasteiger partial charge >= 0.3 is 5.97 Å². The molecule has 11 nitrogen and oxygen atoms in total. The number of carboxylic acids is 1. The maximum Gasteiger partial charge on any atom is 0.306 e. The van der Waals surface area contributed by atoms with E-state index >= 15 is 0 Å². The van der Waals surface area contributed by atoms with Crippen molar-refractivity contribution in [1.82, 2.24) is 40.2 Å². The number of ether oxygens (including phenoxy) is 1. The molecule has 1 unspecified atom stereocenters. The van der Waals surface area contributed by atoms with Crippen LogP contribution < -0.4 is 4.74 Å². The van der Waals surface area contributed by atoms with Gasteiger partial charge in [-0.15, -0.1) is 15.3 Å². The number of aryl methyl sites for hydroxylation is 3. The zero-order chi connectivity index (χ0) is 23.7. The van der Waals surface area contributed by atoms with E-state index in [1.165, 1.54) is 12.8 Å². The van der Waals surface area contributed by atoms with Crippen LogP contribution in [0.15, 0.2) is 12.1 Å². The Morgan fingerprint density at radius 1 is 1.18 bits per heavy atom. The van der Waals surface area contributed by atoms with E-state index in [1.54, 1.807) is 9.48 Å². The Balaban J connectivity index is 1.29. The molecule has 180 valence electrons. The standard InChI is InChI=1S/C23H30N8O3/c1-14-20(34-17-5-3-4-16(12-17)23(32)33)9-8-18(24-14)22-19(30(2)28-26-22)13-21-25-29-31(27-21)11-10-15-6-7-15/h8-9,15-17H,3-7,10-13H2,1-2H3,(H,32,33)/t16-,17?/m0/s1. The second-order valence-corrected chi connectivity index (χ2v) is 9.44. The molecule has 1 N–H and O–H groups in total. The molecule has 11 heteroatoms. The molecule has 2 aliphatic rings. The fourth-order valence-electron chi connectivity index (χ4n) is 4.53. The van der Waals surface area contributed by atoms with Crippen molar-refractivity contribution in [3.05, 3.63) is 29.3 Å². The number of hydrogen-bond acceptors (Lipinski definition) is 8. The Kier molecular flexibility index (Phi) is 6.25. The molecule has 0 aliphatic heterocycles. The fraction of sp³-hybridized carbons (Fsp3) is 0.609. The molecule has 34 heavy (non-hydrogen) atoms. The monoisotopic (exact) mass is 466 g/mol. The van der Waals surface area contributed by atoms with Crippen LogP contribution in [0.4, 0.5) is 0 Å². The van der Waals surface area contributed by atoms with Crippen molar-refractivity contribution >= 4 is 5.97 Å². The molecule has 3 heterocycles. The zero-order valence-corrected chi connectivity index (χ0v) is 19.6. The van der Waals surface area contributed by atoms with Gasteiger partial charge in [-0.05, 0) is 62.3 Å². The molecule has 0 spiro atoms. The van der Waals surface area contributed by atoms with Gasteiger partial charge in [0.1, 0.15) is 11.4 Å². The van der Waals surface area contributed by atoms with Crippen LogP contribution in [0, 0.1) is 18.8 Å². The highest BCUT2D eigenvalue weighted by Crippen LogP contribution is 2.33. The molecule has 2 aliphatic carbocycles. The molecular formula is C23H30N8O3. The Morgan fingerprint density at radius 2 is 2.03 bits per heavy atom. The number of carbonyl (C=O) groups is 1. The second kappa shape index (κ2) is 9.47. The quantitative estimate of drug-likeness (QED) is 0.505. The Bertz CT molecular complexity index is 1170. The number of aliphatic carboxylic acids is 1. The lowest BCUT2D eigenvalue weighted by Crippen LogP contribution is -2.29. The summed E-state index contributed by atoms with van der Waals surface area (Å²) in [6.45, 7) is 2.68. The van der Waals surface area contributed by atoms with Crippen LogP contribution >= 0.6 is 0 Å². The third-order valence-corrected chi connectivity index (χ3v) is 6.75. The van der Waals surface area contributed by atoms with Crippen molar-refractivity contribution in [2.75, 3.05) is 0 Å². The number of nitrogens with zero attached hydrogens (tertiary/aromatic N) is 8. The molecule has 0 amide bonds. The second-order valence-electron chi connectivity index (χ2n) is 9.44. The van der Waals surface area contributed by atoms with Crippen LogP contribution in [0.25, 0.3) is 11.4 Å². The van der Waals surface area contributed by atoms with Gasteiger partial charge in [0.05, 0.1) is 42.1 Å². The van der Waals surface area contributed by atoms with Gasteiger partial charge < -0.3 is 9.84 Å². The van der Waals surface area contributed by atoms with Gasteiger partial charge in [0, 0.05) is 7.05 Å². The van der Waals surface area contributed by atoms with Crippen molar-refractivity contribution in [2.24, 2.45) is 18.9 Å². The first-order valence-corrected chi connectivity index (χ1v) is 12.0. The van der Waals surface area contributed by atoms with E-state index in [4.69, 9.17) is 9.72 Å². The molecule has 0 bridgehead atoms. The SMILES string of the molecule is Cc1nc(-c2nnn(C)c2Cc2nnn(CCC3CC3)n2)ccc1OC1CCC[C@H](C(=O)O)C1. The van der Waals surface area contributed by atoms with Gasteiger partial charge in [-0.1, -0.05) is 18.1 Å². The van der Waals surface area contributed by atoms with Gasteiger partial charge in [0.2, 0.25) is 0 Å². The summed E-state index contributed by atoms with van der Waals surface area (Å²) in [4.78, 5) is 17.7. The van der Waals surface area contributed by atoms with Crippen molar-refractivity contribution < 1.29 is 14.6 Å². The summed E-state index contributed by atoms with van der Waals surface area (Å²) in [6, 6.07) is 3.75. The molecule has 3 aromatic heterocycles. The molecule has 2 fully saturated rings. The van der Waals surface area contributed by atoms with Gasteiger partial charge in [0.25, 0.3) is 0 Å². The van der Waals surface area contributed by atoms with Gasteiger partial charge in [-0.25, -0.2) is 4.98 Å². The van der Waals surface area contributed by atoms with E-state index in [2.05, 4.69) is 25.7 Å². The lowest BCUT2D eigenvalue weighted by atomic mass is 9.87.